The lowest BCUT2D eigenvalue weighted by atomic mass is 10.0. The smallest absolute Gasteiger partial charge is 0.354 e. The molecular weight excluding hydrogens is 468 g/mol. The van der Waals surface area contributed by atoms with Crippen LogP contribution in [0.15, 0.2) is 53.6 Å². The lowest BCUT2D eigenvalue weighted by Gasteiger charge is -2.40. The Bertz CT molecular complexity index is 1220. The van der Waals surface area contributed by atoms with Gasteiger partial charge in [0.05, 0.1) is 5.69 Å². The number of likely N-dealkylation sites (tertiary alicyclic amines) is 1. The van der Waals surface area contributed by atoms with Crippen molar-refractivity contribution in [3.63, 3.8) is 0 Å². The highest BCUT2D eigenvalue weighted by Crippen LogP contribution is 2.57. The molecule has 10 heteroatoms. The van der Waals surface area contributed by atoms with E-state index >= 15 is 0 Å². The molecule has 0 radical (unpaired) electrons. The van der Waals surface area contributed by atoms with Crippen LogP contribution in [0.3, 0.4) is 0 Å². The Kier molecular flexibility index (Phi) is 6.59. The lowest BCUT2D eigenvalue weighted by Crippen LogP contribution is -2.53. The maximum atomic E-state index is 12.7. The summed E-state index contributed by atoms with van der Waals surface area (Å²) in [6.07, 6.45) is 2.91. The van der Waals surface area contributed by atoms with Gasteiger partial charge in [0.25, 0.3) is 0 Å². The molecule has 2 aliphatic heterocycles. The molecule has 198 valence electrons. The molecule has 0 spiro atoms. The highest BCUT2D eigenvalue weighted by molar-refractivity contribution is 5.88. The maximum Gasteiger partial charge on any atom is 0.354 e. The van der Waals surface area contributed by atoms with Crippen LogP contribution >= 0.6 is 0 Å². The number of amides is 2. The Morgan fingerprint density at radius 2 is 1.84 bits per heavy atom. The average Bonchev–Trinajstić information content (AvgIpc) is 3.44. The van der Waals surface area contributed by atoms with Crippen molar-refractivity contribution in [2.75, 3.05) is 51.1 Å². The molecule has 3 fully saturated rings. The summed E-state index contributed by atoms with van der Waals surface area (Å²) in [5, 5.41) is 2.75. The van der Waals surface area contributed by atoms with Crippen LogP contribution in [0.4, 0.5) is 10.6 Å². The summed E-state index contributed by atoms with van der Waals surface area (Å²) in [5.74, 6) is 0.993. The minimum Gasteiger partial charge on any atom is -0.370 e. The van der Waals surface area contributed by atoms with Gasteiger partial charge < -0.3 is 21.3 Å². The van der Waals surface area contributed by atoms with Crippen molar-refractivity contribution in [2.24, 2.45) is 22.8 Å². The van der Waals surface area contributed by atoms with Crippen LogP contribution in [0.25, 0.3) is 5.69 Å². The van der Waals surface area contributed by atoms with E-state index in [1.807, 2.05) is 26.0 Å². The number of piperazine rings is 1. The fourth-order valence-electron chi connectivity index (χ4n) is 5.61. The van der Waals surface area contributed by atoms with Crippen LogP contribution in [0.2, 0.25) is 0 Å². The van der Waals surface area contributed by atoms with Crippen molar-refractivity contribution in [1.29, 1.82) is 0 Å². The van der Waals surface area contributed by atoms with Gasteiger partial charge in [0.1, 0.15) is 5.82 Å². The lowest BCUT2D eigenvalue weighted by molar-refractivity contribution is 0.159. The van der Waals surface area contributed by atoms with Gasteiger partial charge in [-0.3, -0.25) is 14.8 Å². The van der Waals surface area contributed by atoms with Crippen LogP contribution in [-0.4, -0.2) is 81.6 Å². The minimum atomic E-state index is -0.499. The van der Waals surface area contributed by atoms with Crippen LogP contribution in [0.5, 0.6) is 0 Å². The first-order valence-electron chi connectivity index (χ1n) is 13.0. The van der Waals surface area contributed by atoms with E-state index in [1.165, 1.54) is 16.6 Å². The molecular formula is C27H38N8O2. The third-order valence-electron chi connectivity index (χ3n) is 8.13. The number of nitrogens with zero attached hydrogens (tertiary/aromatic N) is 5. The van der Waals surface area contributed by atoms with Gasteiger partial charge in [-0.2, -0.15) is 4.98 Å². The predicted molar refractivity (Wildman–Crippen MR) is 144 cm³/mol. The Balaban J connectivity index is 1.15. The number of piperidine rings is 1. The fourth-order valence-corrected chi connectivity index (χ4v) is 5.61. The summed E-state index contributed by atoms with van der Waals surface area (Å²) in [5.41, 5.74) is 14.3. The molecule has 1 saturated carbocycles. The van der Waals surface area contributed by atoms with Crippen LogP contribution in [0.1, 0.15) is 25.8 Å². The van der Waals surface area contributed by atoms with Crippen molar-refractivity contribution >= 4 is 11.8 Å². The molecule has 2 aromatic rings. The van der Waals surface area contributed by atoms with E-state index in [2.05, 4.69) is 38.8 Å². The van der Waals surface area contributed by atoms with Crippen LogP contribution in [0, 0.1) is 11.3 Å². The standard InChI is InChI=1S/C27H38N8O2/c1-19(26(2,3)29)33-10-12-34(13-11-33)24(36)30-23-8-9-35(25(37)31-23)22-6-4-20(5-7-22)15-32-16-21-14-27(21,17-28)18-32/h4-9,21H,1,10-18,28-29H2,2-3H3,(H,30,31,36,37). The Morgan fingerprint density at radius 3 is 2.43 bits per heavy atom. The summed E-state index contributed by atoms with van der Waals surface area (Å²) in [4.78, 5) is 35.8. The number of urea groups is 1. The zero-order valence-corrected chi connectivity index (χ0v) is 21.8. The number of hydrogen-bond acceptors (Lipinski definition) is 7. The number of carbonyl (C=O) groups excluding carboxylic acids is 1. The molecule has 2 amide bonds. The molecule has 2 saturated heterocycles. The van der Waals surface area contributed by atoms with E-state index in [-0.39, 0.29) is 11.8 Å². The number of hydrogen-bond donors (Lipinski definition) is 3. The molecule has 3 aliphatic rings. The quantitative estimate of drug-likeness (QED) is 0.518. The normalized spacial score (nSPS) is 23.6. The monoisotopic (exact) mass is 506 g/mol. The van der Waals surface area contributed by atoms with Gasteiger partial charge in [-0.1, -0.05) is 18.7 Å². The minimum absolute atomic E-state index is 0.235. The Hall–Kier alpha value is -3.21. The number of nitrogens with two attached hydrogens (primary N) is 2. The van der Waals surface area contributed by atoms with Crippen molar-refractivity contribution in [3.05, 3.63) is 64.9 Å². The van der Waals surface area contributed by atoms with Gasteiger partial charge in [0.15, 0.2) is 0 Å². The number of nitrogens with one attached hydrogen (secondary N) is 1. The van der Waals surface area contributed by atoms with E-state index in [1.54, 1.807) is 17.2 Å². The first-order chi connectivity index (χ1) is 17.6. The average molecular weight is 507 g/mol. The molecule has 2 unspecified atom stereocenters. The van der Waals surface area contributed by atoms with Crippen molar-refractivity contribution in [2.45, 2.75) is 32.4 Å². The molecule has 37 heavy (non-hydrogen) atoms. The molecule has 3 heterocycles. The number of rotatable bonds is 7. The summed E-state index contributed by atoms with van der Waals surface area (Å²) in [6.45, 7) is 14.2. The van der Waals surface area contributed by atoms with Gasteiger partial charge in [-0.25, -0.2) is 9.59 Å². The third kappa shape index (κ3) is 5.27. The Morgan fingerprint density at radius 1 is 1.16 bits per heavy atom. The van der Waals surface area contributed by atoms with E-state index in [0.29, 0.717) is 31.6 Å². The van der Waals surface area contributed by atoms with Crippen molar-refractivity contribution < 1.29 is 4.79 Å². The molecule has 1 aromatic carbocycles. The van der Waals surface area contributed by atoms with Gasteiger partial charge >= 0.3 is 11.7 Å². The van der Waals surface area contributed by atoms with Gasteiger partial charge in [0, 0.05) is 63.2 Å². The summed E-state index contributed by atoms with van der Waals surface area (Å²) >= 11 is 0. The van der Waals surface area contributed by atoms with Crippen LogP contribution < -0.4 is 22.5 Å². The van der Waals surface area contributed by atoms with Gasteiger partial charge in [-0.15, -0.1) is 0 Å². The van der Waals surface area contributed by atoms with Crippen molar-refractivity contribution in [3.8, 4) is 5.69 Å². The fraction of sp³-hybridized carbons (Fsp3) is 0.519. The first kappa shape index (κ1) is 25.4. The molecule has 2 atom stereocenters. The summed E-state index contributed by atoms with van der Waals surface area (Å²) in [7, 11) is 0. The topological polar surface area (TPSA) is 126 Å². The highest BCUT2D eigenvalue weighted by atomic mass is 16.2. The first-order valence-corrected chi connectivity index (χ1v) is 13.0. The SMILES string of the molecule is C=C(N1CCN(C(=O)Nc2ccn(-c3ccc(CN4CC5CC5(CN)C4)cc3)c(=O)n2)CC1)C(C)(C)N. The van der Waals surface area contributed by atoms with E-state index in [9.17, 15) is 9.59 Å². The van der Waals surface area contributed by atoms with Crippen LogP contribution in [-0.2, 0) is 6.54 Å². The molecule has 0 bridgehead atoms. The number of fused-ring (bicyclic) bond motifs is 1. The second kappa shape index (κ2) is 9.59. The third-order valence-corrected chi connectivity index (χ3v) is 8.13. The molecule has 10 nitrogen and oxygen atoms in total. The van der Waals surface area contributed by atoms with E-state index < -0.39 is 11.2 Å². The maximum absolute atomic E-state index is 12.7. The zero-order chi connectivity index (χ0) is 26.4. The van der Waals surface area contributed by atoms with Crippen molar-refractivity contribution in [1.82, 2.24) is 24.3 Å². The zero-order valence-electron chi connectivity index (χ0n) is 21.8. The largest absolute Gasteiger partial charge is 0.370 e. The number of benzene rings is 1. The van der Waals surface area contributed by atoms with Gasteiger partial charge in [-0.05, 0) is 61.9 Å². The van der Waals surface area contributed by atoms with Gasteiger partial charge in [0.2, 0.25) is 0 Å². The number of carbonyl (C=O) groups is 1. The van der Waals surface area contributed by atoms with E-state index in [0.717, 1.165) is 43.5 Å². The second-order valence-electron chi connectivity index (χ2n) is 11.3. The molecule has 5 N–H and O–H groups in total. The molecule has 1 aliphatic carbocycles. The number of aromatic nitrogens is 2. The predicted octanol–water partition coefficient (Wildman–Crippen LogP) is 1.41. The molecule has 1 aromatic heterocycles. The number of anilines is 1. The Labute approximate surface area is 217 Å². The molecule has 5 rings (SSSR count). The highest BCUT2D eigenvalue weighted by Gasteiger charge is 2.58. The second-order valence-corrected chi connectivity index (χ2v) is 11.3. The summed E-state index contributed by atoms with van der Waals surface area (Å²) < 4.78 is 1.48. The summed E-state index contributed by atoms with van der Waals surface area (Å²) in [6, 6.07) is 9.34. The van der Waals surface area contributed by atoms with E-state index in [4.69, 9.17) is 11.5 Å².